The number of aromatic nitrogens is 1. The molecular formula is C23H29N3O2. The zero-order valence-corrected chi connectivity index (χ0v) is 16.9. The molecule has 0 aliphatic carbocycles. The van der Waals surface area contributed by atoms with Crippen LogP contribution in [0.5, 0.6) is 5.75 Å². The highest BCUT2D eigenvalue weighted by molar-refractivity contribution is 5.62. The lowest BCUT2D eigenvalue weighted by Gasteiger charge is -2.23. The van der Waals surface area contributed by atoms with Crippen LogP contribution in [0.3, 0.4) is 0 Å². The standard InChI is InChI=1S/C23H29N3O2/c1-4-26(20-10-8-9-18(3)15-20)14-13-24-16-19-17-28-23(25-19)21-11-6-7-12-22(21)27-5-2/h6-12,15,17,24H,4-5,13-14,16H2,1-3H3. The first-order valence-electron chi connectivity index (χ1n) is 9.90. The molecule has 0 aliphatic heterocycles. The zero-order chi connectivity index (χ0) is 19.8. The summed E-state index contributed by atoms with van der Waals surface area (Å²) >= 11 is 0. The average Bonchev–Trinajstić information content (AvgIpc) is 3.17. The molecule has 0 atom stereocenters. The molecule has 3 aromatic rings. The van der Waals surface area contributed by atoms with Gasteiger partial charge in [0.1, 0.15) is 12.0 Å². The van der Waals surface area contributed by atoms with E-state index in [4.69, 9.17) is 9.15 Å². The van der Waals surface area contributed by atoms with Crippen LogP contribution in [0.2, 0.25) is 0 Å². The third kappa shape index (κ3) is 5.14. The summed E-state index contributed by atoms with van der Waals surface area (Å²) in [5.41, 5.74) is 4.32. The summed E-state index contributed by atoms with van der Waals surface area (Å²) in [4.78, 5) is 6.97. The summed E-state index contributed by atoms with van der Waals surface area (Å²) in [7, 11) is 0. The minimum Gasteiger partial charge on any atom is -0.493 e. The van der Waals surface area contributed by atoms with Crippen molar-refractivity contribution in [2.75, 3.05) is 31.1 Å². The Bertz CT molecular complexity index is 876. The highest BCUT2D eigenvalue weighted by Crippen LogP contribution is 2.29. The van der Waals surface area contributed by atoms with Gasteiger partial charge < -0.3 is 19.4 Å². The number of ether oxygens (including phenoxy) is 1. The number of oxazole rings is 1. The molecule has 0 spiro atoms. The number of anilines is 1. The average molecular weight is 380 g/mol. The van der Waals surface area contributed by atoms with Crippen molar-refractivity contribution < 1.29 is 9.15 Å². The maximum Gasteiger partial charge on any atom is 0.229 e. The fourth-order valence-corrected chi connectivity index (χ4v) is 3.16. The van der Waals surface area contributed by atoms with Crippen LogP contribution in [0.25, 0.3) is 11.5 Å². The Hall–Kier alpha value is -2.79. The van der Waals surface area contributed by atoms with Crippen LogP contribution in [0.1, 0.15) is 25.1 Å². The van der Waals surface area contributed by atoms with Gasteiger partial charge >= 0.3 is 0 Å². The molecule has 1 aromatic heterocycles. The van der Waals surface area contributed by atoms with Crippen LogP contribution in [-0.2, 0) is 6.54 Å². The van der Waals surface area contributed by atoms with Crippen LogP contribution < -0.4 is 15.0 Å². The van der Waals surface area contributed by atoms with E-state index >= 15 is 0 Å². The van der Waals surface area contributed by atoms with Gasteiger partial charge in [0.25, 0.3) is 0 Å². The number of rotatable bonds is 10. The number of para-hydroxylation sites is 1. The van der Waals surface area contributed by atoms with Gasteiger partial charge in [-0.1, -0.05) is 24.3 Å². The van der Waals surface area contributed by atoms with E-state index in [0.29, 0.717) is 19.0 Å². The first-order chi connectivity index (χ1) is 13.7. The largest absolute Gasteiger partial charge is 0.493 e. The molecule has 1 N–H and O–H groups in total. The predicted molar refractivity (Wildman–Crippen MR) is 114 cm³/mol. The van der Waals surface area contributed by atoms with Crippen molar-refractivity contribution in [1.29, 1.82) is 0 Å². The van der Waals surface area contributed by atoms with Crippen molar-refractivity contribution in [3.63, 3.8) is 0 Å². The van der Waals surface area contributed by atoms with E-state index in [1.54, 1.807) is 6.26 Å². The lowest BCUT2D eigenvalue weighted by molar-refractivity contribution is 0.340. The maximum absolute atomic E-state index is 5.68. The predicted octanol–water partition coefficient (Wildman–Crippen LogP) is 4.66. The van der Waals surface area contributed by atoms with Crippen molar-refractivity contribution in [2.24, 2.45) is 0 Å². The van der Waals surface area contributed by atoms with E-state index in [9.17, 15) is 0 Å². The zero-order valence-electron chi connectivity index (χ0n) is 16.9. The lowest BCUT2D eigenvalue weighted by Crippen LogP contribution is -2.31. The number of nitrogens with zero attached hydrogens (tertiary/aromatic N) is 2. The summed E-state index contributed by atoms with van der Waals surface area (Å²) < 4.78 is 11.3. The second-order valence-electron chi connectivity index (χ2n) is 6.67. The molecule has 0 amide bonds. The Morgan fingerprint density at radius 1 is 1.11 bits per heavy atom. The molecule has 148 valence electrons. The van der Waals surface area contributed by atoms with E-state index in [0.717, 1.165) is 36.6 Å². The summed E-state index contributed by atoms with van der Waals surface area (Å²) in [5.74, 6) is 1.39. The molecule has 0 aliphatic rings. The van der Waals surface area contributed by atoms with Gasteiger partial charge in [-0.2, -0.15) is 0 Å². The summed E-state index contributed by atoms with van der Waals surface area (Å²) in [5, 5.41) is 3.46. The van der Waals surface area contributed by atoms with Gasteiger partial charge in [0.15, 0.2) is 0 Å². The molecule has 2 aromatic carbocycles. The third-order valence-corrected chi connectivity index (χ3v) is 4.58. The van der Waals surface area contributed by atoms with Gasteiger partial charge in [0.2, 0.25) is 5.89 Å². The summed E-state index contributed by atoms with van der Waals surface area (Å²) in [6.45, 7) is 10.4. The van der Waals surface area contributed by atoms with Gasteiger partial charge in [0, 0.05) is 31.9 Å². The van der Waals surface area contributed by atoms with Crippen LogP contribution >= 0.6 is 0 Å². The molecular weight excluding hydrogens is 350 g/mol. The van der Waals surface area contributed by atoms with Gasteiger partial charge in [-0.05, 0) is 50.6 Å². The SMILES string of the molecule is CCOc1ccccc1-c1nc(CNCCN(CC)c2cccc(C)c2)co1. The Kier molecular flexibility index (Phi) is 7.09. The monoisotopic (exact) mass is 379 g/mol. The minimum atomic E-state index is 0.593. The smallest absolute Gasteiger partial charge is 0.229 e. The lowest BCUT2D eigenvalue weighted by atomic mass is 10.2. The molecule has 3 rings (SSSR count). The number of hydrogen-bond donors (Lipinski definition) is 1. The van der Waals surface area contributed by atoms with Crippen LogP contribution in [0, 0.1) is 6.92 Å². The molecule has 0 fully saturated rings. The normalized spacial score (nSPS) is 10.8. The molecule has 1 heterocycles. The van der Waals surface area contributed by atoms with Gasteiger partial charge in [0.05, 0.1) is 17.9 Å². The van der Waals surface area contributed by atoms with E-state index in [2.05, 4.69) is 53.3 Å². The van der Waals surface area contributed by atoms with Gasteiger partial charge in [-0.3, -0.25) is 0 Å². The topological polar surface area (TPSA) is 50.5 Å². The number of aryl methyl sites for hydroxylation is 1. The number of hydrogen-bond acceptors (Lipinski definition) is 5. The van der Waals surface area contributed by atoms with Crippen molar-refractivity contribution in [3.8, 4) is 17.2 Å². The molecule has 28 heavy (non-hydrogen) atoms. The summed E-state index contributed by atoms with van der Waals surface area (Å²) in [6, 6.07) is 16.4. The fourth-order valence-electron chi connectivity index (χ4n) is 3.16. The van der Waals surface area contributed by atoms with Crippen LogP contribution in [-0.4, -0.2) is 31.2 Å². The molecule has 5 heteroatoms. The second kappa shape index (κ2) is 9.95. The first-order valence-corrected chi connectivity index (χ1v) is 9.90. The summed E-state index contributed by atoms with van der Waals surface area (Å²) in [6.07, 6.45) is 1.71. The Balaban J connectivity index is 1.54. The maximum atomic E-state index is 5.68. The Morgan fingerprint density at radius 2 is 1.96 bits per heavy atom. The van der Waals surface area contributed by atoms with Crippen molar-refractivity contribution in [2.45, 2.75) is 27.3 Å². The van der Waals surface area contributed by atoms with E-state index in [1.165, 1.54) is 11.3 Å². The molecule has 0 saturated carbocycles. The third-order valence-electron chi connectivity index (χ3n) is 4.58. The van der Waals surface area contributed by atoms with E-state index in [-0.39, 0.29) is 0 Å². The van der Waals surface area contributed by atoms with Gasteiger partial charge in [-0.15, -0.1) is 0 Å². The molecule has 5 nitrogen and oxygen atoms in total. The second-order valence-corrected chi connectivity index (χ2v) is 6.67. The van der Waals surface area contributed by atoms with Crippen LogP contribution in [0.4, 0.5) is 5.69 Å². The molecule has 0 bridgehead atoms. The fraction of sp³-hybridized carbons (Fsp3) is 0.348. The van der Waals surface area contributed by atoms with Crippen molar-refractivity contribution in [3.05, 3.63) is 66.1 Å². The van der Waals surface area contributed by atoms with Crippen molar-refractivity contribution >= 4 is 5.69 Å². The van der Waals surface area contributed by atoms with Crippen molar-refractivity contribution in [1.82, 2.24) is 10.3 Å². The van der Waals surface area contributed by atoms with E-state index in [1.807, 2.05) is 31.2 Å². The highest BCUT2D eigenvalue weighted by Gasteiger charge is 2.12. The van der Waals surface area contributed by atoms with Gasteiger partial charge in [-0.25, -0.2) is 4.98 Å². The number of likely N-dealkylation sites (N-methyl/N-ethyl adjacent to an activating group) is 1. The number of nitrogens with one attached hydrogen (secondary N) is 1. The molecule has 0 saturated heterocycles. The number of benzene rings is 2. The first kappa shape index (κ1) is 20.0. The minimum absolute atomic E-state index is 0.593. The molecule has 0 unspecified atom stereocenters. The Morgan fingerprint density at radius 3 is 2.75 bits per heavy atom. The molecule has 0 radical (unpaired) electrons. The highest BCUT2D eigenvalue weighted by atomic mass is 16.5. The van der Waals surface area contributed by atoms with Crippen LogP contribution in [0.15, 0.2) is 59.2 Å². The Labute approximate surface area is 167 Å². The quantitative estimate of drug-likeness (QED) is 0.519. The van der Waals surface area contributed by atoms with E-state index < -0.39 is 0 Å².